The van der Waals surface area contributed by atoms with Crippen LogP contribution < -0.4 is 5.32 Å². The van der Waals surface area contributed by atoms with Crippen molar-refractivity contribution in [2.45, 2.75) is 39.0 Å². The van der Waals surface area contributed by atoms with Crippen LogP contribution in [0.4, 0.5) is 10.1 Å². The molecule has 2 rings (SSSR count). The molecule has 0 aliphatic carbocycles. The van der Waals surface area contributed by atoms with Crippen LogP contribution >= 0.6 is 15.9 Å². The number of morpholine rings is 1. The molecule has 0 saturated carbocycles. The van der Waals surface area contributed by atoms with Gasteiger partial charge in [-0.05, 0) is 39.0 Å². The van der Waals surface area contributed by atoms with E-state index >= 15 is 0 Å². The van der Waals surface area contributed by atoms with Crippen molar-refractivity contribution in [3.63, 3.8) is 0 Å². The standard InChI is InChI=1S/C15H20BrFN2O2/c1-9-7-19(8-10(2)21-9)11(3)15(20)18-14-5-4-12(16)6-13(14)17/h4-6,9-11H,7-8H2,1-3H3,(H,18,20). The summed E-state index contributed by atoms with van der Waals surface area (Å²) >= 11 is 3.19. The van der Waals surface area contributed by atoms with Gasteiger partial charge in [0.05, 0.1) is 23.9 Å². The van der Waals surface area contributed by atoms with Crippen molar-refractivity contribution in [1.29, 1.82) is 0 Å². The first kappa shape index (κ1) is 16.4. The van der Waals surface area contributed by atoms with Crippen molar-refractivity contribution >= 4 is 27.5 Å². The van der Waals surface area contributed by atoms with E-state index in [4.69, 9.17) is 4.74 Å². The van der Waals surface area contributed by atoms with Gasteiger partial charge in [0.2, 0.25) is 5.91 Å². The summed E-state index contributed by atoms with van der Waals surface area (Å²) in [5, 5.41) is 2.65. The molecule has 4 nitrogen and oxygen atoms in total. The third kappa shape index (κ3) is 4.25. The van der Waals surface area contributed by atoms with E-state index in [0.717, 1.165) is 0 Å². The fraction of sp³-hybridized carbons (Fsp3) is 0.533. The molecular formula is C15H20BrFN2O2. The molecule has 1 amide bonds. The topological polar surface area (TPSA) is 41.6 Å². The lowest BCUT2D eigenvalue weighted by atomic mass is 10.1. The summed E-state index contributed by atoms with van der Waals surface area (Å²) in [5.74, 6) is -0.661. The lowest BCUT2D eigenvalue weighted by Gasteiger charge is -2.38. The summed E-state index contributed by atoms with van der Waals surface area (Å²) < 4.78 is 20.1. The number of nitrogens with one attached hydrogen (secondary N) is 1. The number of amides is 1. The van der Waals surface area contributed by atoms with E-state index in [1.54, 1.807) is 12.1 Å². The third-order valence-corrected chi connectivity index (χ3v) is 4.06. The molecule has 1 N–H and O–H groups in total. The summed E-state index contributed by atoms with van der Waals surface area (Å²) in [6.45, 7) is 7.20. The summed E-state index contributed by atoms with van der Waals surface area (Å²) in [6.07, 6.45) is 0.182. The van der Waals surface area contributed by atoms with Crippen LogP contribution in [0.15, 0.2) is 22.7 Å². The maximum absolute atomic E-state index is 13.8. The SMILES string of the molecule is CC1CN(C(C)C(=O)Nc2ccc(Br)cc2F)CC(C)O1. The molecule has 6 heteroatoms. The fourth-order valence-corrected chi connectivity index (χ4v) is 2.86. The number of hydrogen-bond acceptors (Lipinski definition) is 3. The number of hydrogen-bond donors (Lipinski definition) is 1. The molecule has 1 aliphatic rings. The summed E-state index contributed by atoms with van der Waals surface area (Å²) in [7, 11) is 0. The Balaban J connectivity index is 2.02. The van der Waals surface area contributed by atoms with Crippen molar-refractivity contribution < 1.29 is 13.9 Å². The average Bonchev–Trinajstić information content (AvgIpc) is 2.40. The minimum atomic E-state index is -0.450. The van der Waals surface area contributed by atoms with Gasteiger partial charge in [0.25, 0.3) is 0 Å². The molecule has 21 heavy (non-hydrogen) atoms. The summed E-state index contributed by atoms with van der Waals surface area (Å²) in [5.41, 5.74) is 0.199. The fourth-order valence-electron chi connectivity index (χ4n) is 2.53. The molecule has 116 valence electrons. The number of benzene rings is 1. The van der Waals surface area contributed by atoms with Crippen LogP contribution in [0.25, 0.3) is 0 Å². The largest absolute Gasteiger partial charge is 0.373 e. The molecule has 3 atom stereocenters. The van der Waals surface area contributed by atoms with E-state index in [1.807, 2.05) is 20.8 Å². The van der Waals surface area contributed by atoms with Gasteiger partial charge in [-0.25, -0.2) is 4.39 Å². The van der Waals surface area contributed by atoms with Gasteiger partial charge < -0.3 is 10.1 Å². The van der Waals surface area contributed by atoms with Crippen LogP contribution in [0.3, 0.4) is 0 Å². The van der Waals surface area contributed by atoms with Gasteiger partial charge in [0.15, 0.2) is 0 Å². The highest BCUT2D eigenvalue weighted by molar-refractivity contribution is 9.10. The average molecular weight is 359 g/mol. The molecule has 1 aliphatic heterocycles. The maximum atomic E-state index is 13.8. The monoisotopic (exact) mass is 358 g/mol. The van der Waals surface area contributed by atoms with Gasteiger partial charge in [0.1, 0.15) is 5.82 Å². The second kappa shape index (κ2) is 6.85. The number of rotatable bonds is 3. The summed E-state index contributed by atoms with van der Waals surface area (Å²) in [4.78, 5) is 14.4. The smallest absolute Gasteiger partial charge is 0.241 e. The molecule has 1 saturated heterocycles. The number of nitrogens with zero attached hydrogens (tertiary/aromatic N) is 1. The molecular weight excluding hydrogens is 339 g/mol. The van der Waals surface area contributed by atoms with E-state index in [-0.39, 0.29) is 29.8 Å². The van der Waals surface area contributed by atoms with E-state index in [9.17, 15) is 9.18 Å². The number of ether oxygens (including phenoxy) is 1. The van der Waals surface area contributed by atoms with E-state index in [0.29, 0.717) is 17.6 Å². The number of carbonyl (C=O) groups is 1. The van der Waals surface area contributed by atoms with Crippen molar-refractivity contribution in [1.82, 2.24) is 4.90 Å². The molecule has 1 fully saturated rings. The zero-order valence-corrected chi connectivity index (χ0v) is 14.0. The molecule has 0 radical (unpaired) electrons. The first-order chi connectivity index (χ1) is 9.86. The zero-order valence-electron chi connectivity index (χ0n) is 12.4. The summed E-state index contributed by atoms with van der Waals surface area (Å²) in [6, 6.07) is 4.25. The van der Waals surface area contributed by atoms with Crippen LogP contribution in [0.1, 0.15) is 20.8 Å². The van der Waals surface area contributed by atoms with Crippen molar-refractivity contribution in [3.05, 3.63) is 28.5 Å². The van der Waals surface area contributed by atoms with Crippen LogP contribution in [0, 0.1) is 5.82 Å². The zero-order chi connectivity index (χ0) is 15.6. The van der Waals surface area contributed by atoms with Crippen LogP contribution in [0.5, 0.6) is 0 Å². The van der Waals surface area contributed by atoms with Gasteiger partial charge >= 0.3 is 0 Å². The van der Waals surface area contributed by atoms with Crippen LogP contribution in [-0.2, 0) is 9.53 Å². The number of halogens is 2. The van der Waals surface area contributed by atoms with Crippen molar-refractivity contribution in [2.75, 3.05) is 18.4 Å². The molecule has 1 heterocycles. The minimum Gasteiger partial charge on any atom is -0.373 e. The second-order valence-electron chi connectivity index (χ2n) is 5.50. The van der Waals surface area contributed by atoms with Crippen molar-refractivity contribution in [3.8, 4) is 0 Å². The Morgan fingerprint density at radius 1 is 1.43 bits per heavy atom. The third-order valence-electron chi connectivity index (χ3n) is 3.56. The minimum absolute atomic E-state index is 0.0911. The Bertz CT molecular complexity index is 516. The van der Waals surface area contributed by atoms with E-state index in [1.165, 1.54) is 6.07 Å². The highest BCUT2D eigenvalue weighted by atomic mass is 79.9. The van der Waals surface area contributed by atoms with E-state index < -0.39 is 5.82 Å². The van der Waals surface area contributed by atoms with E-state index in [2.05, 4.69) is 26.1 Å². The van der Waals surface area contributed by atoms with Crippen LogP contribution in [0.2, 0.25) is 0 Å². The van der Waals surface area contributed by atoms with Gasteiger partial charge in [-0.3, -0.25) is 9.69 Å². The van der Waals surface area contributed by atoms with Crippen LogP contribution in [-0.4, -0.2) is 42.1 Å². The predicted octanol–water partition coefficient (Wildman–Crippen LogP) is 3.02. The molecule has 0 aromatic heterocycles. The lowest BCUT2D eigenvalue weighted by molar-refractivity contribution is -0.126. The van der Waals surface area contributed by atoms with Gasteiger partial charge in [-0.2, -0.15) is 0 Å². The van der Waals surface area contributed by atoms with Gasteiger partial charge in [0, 0.05) is 17.6 Å². The molecule has 3 unspecified atom stereocenters. The highest BCUT2D eigenvalue weighted by Gasteiger charge is 2.29. The lowest BCUT2D eigenvalue weighted by Crippen LogP contribution is -2.52. The maximum Gasteiger partial charge on any atom is 0.241 e. The quantitative estimate of drug-likeness (QED) is 0.902. The molecule has 1 aromatic rings. The Kier molecular flexibility index (Phi) is 5.35. The second-order valence-corrected chi connectivity index (χ2v) is 6.42. The predicted molar refractivity (Wildman–Crippen MR) is 83.8 cm³/mol. The molecule has 0 spiro atoms. The Hall–Kier alpha value is -0.980. The Morgan fingerprint density at radius 2 is 2.05 bits per heavy atom. The number of carbonyl (C=O) groups excluding carboxylic acids is 1. The normalized spacial score (nSPS) is 24.6. The Labute approximate surface area is 132 Å². The number of anilines is 1. The first-order valence-electron chi connectivity index (χ1n) is 7.02. The first-order valence-corrected chi connectivity index (χ1v) is 7.81. The molecule has 0 bridgehead atoms. The highest BCUT2D eigenvalue weighted by Crippen LogP contribution is 2.20. The Morgan fingerprint density at radius 3 is 2.62 bits per heavy atom. The molecule has 1 aromatic carbocycles. The van der Waals surface area contributed by atoms with Crippen molar-refractivity contribution in [2.24, 2.45) is 0 Å². The van der Waals surface area contributed by atoms with Gasteiger partial charge in [-0.15, -0.1) is 0 Å². The van der Waals surface area contributed by atoms with Gasteiger partial charge in [-0.1, -0.05) is 15.9 Å².